The van der Waals surface area contributed by atoms with Gasteiger partial charge in [0, 0.05) is 12.0 Å². The average molecular weight is 256 g/mol. The highest BCUT2D eigenvalue weighted by Gasteiger charge is 2.07. The molecule has 18 heavy (non-hydrogen) atoms. The van der Waals surface area contributed by atoms with Crippen LogP contribution < -0.4 is 4.74 Å². The zero-order valence-electron chi connectivity index (χ0n) is 10.5. The standard InChI is InChI=1S/C14H18F2O2/c1-2-3-4-5-6-13(17)11-7-9-12(10-8-11)18-14(15)16/h7-10,14H,2-6H2,1H3. The van der Waals surface area contributed by atoms with Crippen molar-refractivity contribution in [3.8, 4) is 5.75 Å². The molecule has 0 radical (unpaired) electrons. The molecule has 1 aromatic carbocycles. The minimum Gasteiger partial charge on any atom is -0.435 e. The number of ether oxygens (including phenoxy) is 1. The van der Waals surface area contributed by atoms with Crippen LogP contribution in [0.1, 0.15) is 49.4 Å². The summed E-state index contributed by atoms with van der Waals surface area (Å²) in [5.74, 6) is 0.127. The molecule has 0 saturated heterocycles. The van der Waals surface area contributed by atoms with E-state index in [1.165, 1.54) is 24.3 Å². The Morgan fingerprint density at radius 2 is 1.83 bits per heavy atom. The minimum atomic E-state index is -2.83. The Bertz CT molecular complexity index is 361. The van der Waals surface area contributed by atoms with Crippen molar-refractivity contribution in [1.29, 1.82) is 0 Å². The number of hydrogen-bond donors (Lipinski definition) is 0. The first kappa shape index (κ1) is 14.6. The van der Waals surface area contributed by atoms with Gasteiger partial charge in [-0.2, -0.15) is 8.78 Å². The van der Waals surface area contributed by atoms with E-state index >= 15 is 0 Å². The van der Waals surface area contributed by atoms with Gasteiger partial charge < -0.3 is 4.74 Å². The van der Waals surface area contributed by atoms with Gasteiger partial charge in [-0.05, 0) is 30.7 Å². The molecule has 0 bridgehead atoms. The number of ketones is 1. The fraction of sp³-hybridized carbons (Fsp3) is 0.500. The molecule has 0 aromatic heterocycles. The van der Waals surface area contributed by atoms with Gasteiger partial charge in [0.15, 0.2) is 5.78 Å². The molecule has 0 atom stereocenters. The number of halogens is 2. The molecule has 2 nitrogen and oxygen atoms in total. The van der Waals surface area contributed by atoms with Crippen molar-refractivity contribution in [3.63, 3.8) is 0 Å². The lowest BCUT2D eigenvalue weighted by molar-refractivity contribution is -0.0498. The summed E-state index contributed by atoms with van der Waals surface area (Å²) in [5.41, 5.74) is 0.549. The number of alkyl halides is 2. The maximum atomic E-state index is 11.9. The van der Waals surface area contributed by atoms with Gasteiger partial charge in [0.1, 0.15) is 5.75 Å². The van der Waals surface area contributed by atoms with E-state index in [0.29, 0.717) is 12.0 Å². The molecule has 0 N–H and O–H groups in total. The number of hydrogen-bond acceptors (Lipinski definition) is 2. The van der Waals surface area contributed by atoms with Gasteiger partial charge in [-0.15, -0.1) is 0 Å². The van der Waals surface area contributed by atoms with Crippen molar-refractivity contribution in [1.82, 2.24) is 0 Å². The molecule has 4 heteroatoms. The summed E-state index contributed by atoms with van der Waals surface area (Å²) in [5, 5.41) is 0. The summed E-state index contributed by atoms with van der Waals surface area (Å²) in [6.07, 6.45) is 4.70. The Labute approximate surface area is 106 Å². The van der Waals surface area contributed by atoms with Gasteiger partial charge in [-0.25, -0.2) is 0 Å². The molecule has 1 aromatic rings. The lowest BCUT2D eigenvalue weighted by Gasteiger charge is -2.05. The number of Topliss-reactive ketones (excluding diaryl/α,β-unsaturated/α-hetero) is 1. The van der Waals surface area contributed by atoms with Gasteiger partial charge in [-0.1, -0.05) is 26.2 Å². The van der Waals surface area contributed by atoms with E-state index in [4.69, 9.17) is 0 Å². The van der Waals surface area contributed by atoms with E-state index in [1.807, 2.05) is 0 Å². The van der Waals surface area contributed by atoms with Crippen LogP contribution in [-0.2, 0) is 0 Å². The molecule has 0 aliphatic carbocycles. The molecular weight excluding hydrogens is 238 g/mol. The van der Waals surface area contributed by atoms with Gasteiger partial charge >= 0.3 is 6.61 Å². The first-order valence-electron chi connectivity index (χ1n) is 6.21. The van der Waals surface area contributed by atoms with Crippen LogP contribution in [0.3, 0.4) is 0 Å². The topological polar surface area (TPSA) is 26.3 Å². The highest BCUT2D eigenvalue weighted by Crippen LogP contribution is 2.16. The van der Waals surface area contributed by atoms with Gasteiger partial charge in [0.25, 0.3) is 0 Å². The quantitative estimate of drug-likeness (QED) is 0.507. The smallest absolute Gasteiger partial charge is 0.387 e. The van der Waals surface area contributed by atoms with Crippen molar-refractivity contribution in [3.05, 3.63) is 29.8 Å². The van der Waals surface area contributed by atoms with Crippen molar-refractivity contribution < 1.29 is 18.3 Å². The average Bonchev–Trinajstić information content (AvgIpc) is 2.34. The van der Waals surface area contributed by atoms with Gasteiger partial charge in [0.2, 0.25) is 0 Å². The lowest BCUT2D eigenvalue weighted by atomic mass is 10.0. The zero-order valence-corrected chi connectivity index (χ0v) is 10.5. The molecule has 0 fully saturated rings. The normalized spacial score (nSPS) is 10.7. The zero-order chi connectivity index (χ0) is 13.4. The highest BCUT2D eigenvalue weighted by atomic mass is 19.3. The van der Waals surface area contributed by atoms with Crippen LogP contribution in [0.15, 0.2) is 24.3 Å². The van der Waals surface area contributed by atoms with Gasteiger partial charge in [-0.3, -0.25) is 4.79 Å². The van der Waals surface area contributed by atoms with Crippen LogP contribution >= 0.6 is 0 Å². The molecule has 0 aliphatic rings. The summed E-state index contributed by atoms with van der Waals surface area (Å²) in [6, 6.07) is 5.84. The lowest BCUT2D eigenvalue weighted by Crippen LogP contribution is -2.03. The van der Waals surface area contributed by atoms with Crippen LogP contribution in [0.2, 0.25) is 0 Å². The molecule has 0 amide bonds. The second-order valence-electron chi connectivity index (χ2n) is 4.14. The number of unbranched alkanes of at least 4 members (excludes halogenated alkanes) is 3. The number of benzene rings is 1. The Morgan fingerprint density at radius 3 is 2.39 bits per heavy atom. The molecule has 0 saturated carbocycles. The van der Waals surface area contributed by atoms with E-state index in [2.05, 4.69) is 11.7 Å². The Hall–Kier alpha value is -1.45. The number of carbonyl (C=O) groups excluding carboxylic acids is 1. The Kier molecular flexibility index (Phi) is 6.33. The predicted octanol–water partition coefficient (Wildman–Crippen LogP) is 4.44. The summed E-state index contributed by atoms with van der Waals surface area (Å²) in [7, 11) is 0. The summed E-state index contributed by atoms with van der Waals surface area (Å²) >= 11 is 0. The van der Waals surface area contributed by atoms with Crippen molar-refractivity contribution >= 4 is 5.78 Å². The summed E-state index contributed by atoms with van der Waals surface area (Å²) in [4.78, 5) is 11.8. The van der Waals surface area contributed by atoms with E-state index in [9.17, 15) is 13.6 Å². The van der Waals surface area contributed by atoms with Crippen LogP contribution in [0.4, 0.5) is 8.78 Å². The van der Waals surface area contributed by atoms with Crippen molar-refractivity contribution in [2.45, 2.75) is 45.6 Å². The van der Waals surface area contributed by atoms with E-state index in [0.717, 1.165) is 25.7 Å². The molecule has 100 valence electrons. The van der Waals surface area contributed by atoms with E-state index in [1.54, 1.807) is 0 Å². The van der Waals surface area contributed by atoms with Crippen LogP contribution in [0, 0.1) is 0 Å². The molecule has 1 rings (SSSR count). The third-order valence-electron chi connectivity index (χ3n) is 2.66. The number of rotatable bonds is 8. The largest absolute Gasteiger partial charge is 0.435 e. The monoisotopic (exact) mass is 256 g/mol. The fourth-order valence-electron chi connectivity index (χ4n) is 1.68. The van der Waals surface area contributed by atoms with Crippen LogP contribution in [0.5, 0.6) is 5.75 Å². The molecule has 0 aliphatic heterocycles. The maximum absolute atomic E-state index is 11.9. The minimum absolute atomic E-state index is 0.0506. The van der Waals surface area contributed by atoms with Crippen molar-refractivity contribution in [2.24, 2.45) is 0 Å². The van der Waals surface area contributed by atoms with Crippen molar-refractivity contribution in [2.75, 3.05) is 0 Å². The predicted molar refractivity (Wildman–Crippen MR) is 66.2 cm³/mol. The second kappa shape index (κ2) is 7.80. The Balaban J connectivity index is 2.43. The van der Waals surface area contributed by atoms with Crippen LogP contribution in [0.25, 0.3) is 0 Å². The second-order valence-corrected chi connectivity index (χ2v) is 4.14. The fourth-order valence-corrected chi connectivity index (χ4v) is 1.68. The molecule has 0 spiro atoms. The molecular formula is C14H18F2O2. The third-order valence-corrected chi connectivity index (χ3v) is 2.66. The maximum Gasteiger partial charge on any atom is 0.387 e. The first-order chi connectivity index (χ1) is 8.63. The van der Waals surface area contributed by atoms with Crippen LogP contribution in [-0.4, -0.2) is 12.4 Å². The van der Waals surface area contributed by atoms with E-state index < -0.39 is 6.61 Å². The summed E-state index contributed by atoms with van der Waals surface area (Å²) < 4.78 is 28.1. The highest BCUT2D eigenvalue weighted by molar-refractivity contribution is 5.96. The Morgan fingerprint density at radius 1 is 1.17 bits per heavy atom. The third kappa shape index (κ3) is 5.25. The summed E-state index contributed by atoms with van der Waals surface area (Å²) in [6.45, 7) is -0.718. The SMILES string of the molecule is CCCCCCC(=O)c1ccc(OC(F)F)cc1. The van der Waals surface area contributed by atoms with Gasteiger partial charge in [0.05, 0.1) is 0 Å². The first-order valence-corrected chi connectivity index (χ1v) is 6.21. The molecule has 0 unspecified atom stereocenters. The molecule has 0 heterocycles. The van der Waals surface area contributed by atoms with E-state index in [-0.39, 0.29) is 11.5 Å². The number of carbonyl (C=O) groups is 1.